The maximum Gasteiger partial charge on any atom is 0.338 e. The molecule has 0 bridgehead atoms. The predicted molar refractivity (Wildman–Crippen MR) is 72.4 cm³/mol. The molecule has 0 saturated heterocycles. The van der Waals surface area contributed by atoms with Crippen LogP contribution in [0.25, 0.3) is 10.8 Å². The lowest BCUT2D eigenvalue weighted by molar-refractivity contribution is -0.130. The second kappa shape index (κ2) is 5.07. The van der Waals surface area contributed by atoms with Gasteiger partial charge in [-0.05, 0) is 42.0 Å². The number of carbonyl (C=O) groups excluding carboxylic acids is 1. The van der Waals surface area contributed by atoms with Crippen LogP contribution in [0.15, 0.2) is 53.4 Å². The summed E-state index contributed by atoms with van der Waals surface area (Å²) in [6, 6.07) is 8.65. The van der Waals surface area contributed by atoms with Gasteiger partial charge in [0, 0.05) is 5.57 Å². The van der Waals surface area contributed by atoms with Gasteiger partial charge in [0.25, 0.3) is 0 Å². The van der Waals surface area contributed by atoms with Crippen LogP contribution in [0.5, 0.6) is 5.75 Å². The number of carbonyl (C=O) groups is 1. The first-order valence-electron chi connectivity index (χ1n) is 5.65. The van der Waals surface area contributed by atoms with Crippen LogP contribution >= 0.6 is 0 Å². The molecule has 0 aliphatic heterocycles. The molecule has 0 radical (unpaired) electrons. The molecule has 0 N–H and O–H groups in total. The van der Waals surface area contributed by atoms with Crippen LogP contribution in [0.3, 0.4) is 0 Å². The van der Waals surface area contributed by atoms with Crippen molar-refractivity contribution < 1.29 is 22.5 Å². The minimum atomic E-state index is -4.48. The van der Waals surface area contributed by atoms with Gasteiger partial charge in [-0.2, -0.15) is 0 Å². The molecule has 104 valence electrons. The summed E-state index contributed by atoms with van der Waals surface area (Å²) in [6.45, 7) is 5.01. The van der Waals surface area contributed by atoms with Crippen molar-refractivity contribution in [1.82, 2.24) is 0 Å². The van der Waals surface area contributed by atoms with Gasteiger partial charge in [0.2, 0.25) is 0 Å². The third-order valence-corrected chi connectivity index (χ3v) is 3.46. The molecule has 0 aliphatic rings. The summed E-state index contributed by atoms with van der Waals surface area (Å²) < 4.78 is 37.9. The number of ether oxygens (including phenoxy) is 1. The first-order valence-corrected chi connectivity index (χ1v) is 7.05. The summed E-state index contributed by atoms with van der Waals surface area (Å²) >= 11 is 0. The van der Waals surface area contributed by atoms with Gasteiger partial charge in [-0.25, -0.2) is 13.2 Å². The smallest absolute Gasteiger partial charge is 0.338 e. The summed E-state index contributed by atoms with van der Waals surface area (Å²) in [4.78, 5) is 11.1. The van der Waals surface area contributed by atoms with Gasteiger partial charge in [-0.1, -0.05) is 18.7 Å². The van der Waals surface area contributed by atoms with Gasteiger partial charge >= 0.3 is 5.97 Å². The number of benzene rings is 2. The minimum Gasteiger partial charge on any atom is -0.744 e. The molecule has 0 spiro atoms. The zero-order chi connectivity index (χ0) is 14.9. The van der Waals surface area contributed by atoms with E-state index in [0.29, 0.717) is 16.5 Å². The van der Waals surface area contributed by atoms with E-state index >= 15 is 0 Å². The third-order valence-electron chi connectivity index (χ3n) is 2.63. The Balaban J connectivity index is 2.42. The Morgan fingerprint density at radius 3 is 2.35 bits per heavy atom. The molecule has 5 nitrogen and oxygen atoms in total. The summed E-state index contributed by atoms with van der Waals surface area (Å²) in [7, 11) is -4.48. The van der Waals surface area contributed by atoms with E-state index in [1.54, 1.807) is 12.1 Å². The first kappa shape index (κ1) is 14.2. The van der Waals surface area contributed by atoms with E-state index in [0.717, 1.165) is 0 Å². The number of rotatable bonds is 3. The molecule has 0 amide bonds. The van der Waals surface area contributed by atoms with Crippen LogP contribution in [0.2, 0.25) is 0 Å². The van der Waals surface area contributed by atoms with Crippen LogP contribution in [0.1, 0.15) is 6.92 Å². The minimum absolute atomic E-state index is 0.276. The molecule has 2 aromatic rings. The van der Waals surface area contributed by atoms with Crippen LogP contribution < -0.4 is 4.74 Å². The summed E-state index contributed by atoms with van der Waals surface area (Å²) in [5, 5.41) is 1.22. The Hall–Kier alpha value is -2.18. The van der Waals surface area contributed by atoms with Crippen molar-refractivity contribution in [2.45, 2.75) is 11.8 Å². The van der Waals surface area contributed by atoms with E-state index in [2.05, 4.69) is 6.58 Å². The highest BCUT2D eigenvalue weighted by Crippen LogP contribution is 2.24. The van der Waals surface area contributed by atoms with Gasteiger partial charge in [0.05, 0.1) is 4.90 Å². The van der Waals surface area contributed by atoms with Gasteiger partial charge < -0.3 is 9.29 Å². The SMILES string of the molecule is C=C(C)C(=O)Oc1ccc2cc(S(=O)(=O)[O-])ccc2c1. The van der Waals surface area contributed by atoms with E-state index in [9.17, 15) is 17.8 Å². The highest BCUT2D eigenvalue weighted by atomic mass is 32.2. The Morgan fingerprint density at radius 1 is 1.15 bits per heavy atom. The largest absolute Gasteiger partial charge is 0.744 e. The summed E-state index contributed by atoms with van der Waals surface area (Å²) in [5.41, 5.74) is 0.276. The lowest BCUT2D eigenvalue weighted by Crippen LogP contribution is -2.07. The van der Waals surface area contributed by atoms with E-state index < -0.39 is 16.1 Å². The second-order valence-corrected chi connectivity index (χ2v) is 5.67. The molecule has 6 heteroatoms. The lowest BCUT2D eigenvalue weighted by Gasteiger charge is -2.09. The zero-order valence-corrected chi connectivity index (χ0v) is 11.4. The fourth-order valence-corrected chi connectivity index (χ4v) is 2.12. The molecule has 0 aliphatic carbocycles. The standard InChI is InChI=1S/C14H12O5S/c1-9(2)14(15)19-12-5-3-11-8-13(20(16,17)18)6-4-10(11)7-12/h3-8H,1H2,2H3,(H,16,17,18)/p-1. The van der Waals surface area contributed by atoms with Crippen LogP contribution in [0.4, 0.5) is 0 Å². The van der Waals surface area contributed by atoms with Crippen LogP contribution in [-0.4, -0.2) is 18.9 Å². The molecule has 0 heterocycles. The molecular weight excluding hydrogens is 280 g/mol. The van der Waals surface area contributed by atoms with Crippen molar-refractivity contribution in [2.75, 3.05) is 0 Å². The summed E-state index contributed by atoms with van der Waals surface area (Å²) in [5.74, 6) is -0.216. The van der Waals surface area contributed by atoms with E-state index in [-0.39, 0.29) is 10.5 Å². The van der Waals surface area contributed by atoms with Gasteiger partial charge in [0.15, 0.2) is 0 Å². The summed E-state index contributed by atoms with van der Waals surface area (Å²) in [6.07, 6.45) is 0. The molecule has 0 aromatic heterocycles. The monoisotopic (exact) mass is 291 g/mol. The lowest BCUT2D eigenvalue weighted by atomic mass is 10.1. The average molecular weight is 291 g/mol. The predicted octanol–water partition coefficient (Wildman–Crippen LogP) is 2.23. The van der Waals surface area contributed by atoms with Crippen LogP contribution in [0, 0.1) is 0 Å². The van der Waals surface area contributed by atoms with Crippen molar-refractivity contribution in [3.05, 3.63) is 48.6 Å². The molecule has 20 heavy (non-hydrogen) atoms. The van der Waals surface area contributed by atoms with Gasteiger partial charge in [-0.3, -0.25) is 0 Å². The maximum absolute atomic E-state index is 11.4. The van der Waals surface area contributed by atoms with Crippen molar-refractivity contribution in [3.63, 3.8) is 0 Å². The molecule has 0 saturated carbocycles. The van der Waals surface area contributed by atoms with Crippen LogP contribution in [-0.2, 0) is 14.9 Å². The molecule has 0 atom stereocenters. The first-order chi connectivity index (χ1) is 9.27. The Bertz CT molecular complexity index is 805. The fourth-order valence-electron chi connectivity index (χ4n) is 1.62. The highest BCUT2D eigenvalue weighted by molar-refractivity contribution is 7.85. The Kier molecular flexibility index (Phi) is 3.61. The van der Waals surface area contributed by atoms with Crippen molar-refractivity contribution in [3.8, 4) is 5.75 Å². The number of hydrogen-bond acceptors (Lipinski definition) is 5. The molecule has 0 fully saturated rings. The van der Waals surface area contributed by atoms with E-state index in [1.807, 2.05) is 0 Å². The third kappa shape index (κ3) is 3.04. The molecule has 2 aromatic carbocycles. The average Bonchev–Trinajstić information content (AvgIpc) is 2.36. The maximum atomic E-state index is 11.4. The van der Waals surface area contributed by atoms with E-state index in [1.165, 1.54) is 31.2 Å². The van der Waals surface area contributed by atoms with Crippen molar-refractivity contribution >= 4 is 26.9 Å². The Labute approximate surface area is 116 Å². The van der Waals surface area contributed by atoms with Gasteiger partial charge in [-0.15, -0.1) is 0 Å². The quantitative estimate of drug-likeness (QED) is 0.375. The second-order valence-electron chi connectivity index (χ2n) is 4.29. The molecular formula is C14H11O5S-. The number of esters is 1. The topological polar surface area (TPSA) is 83.5 Å². The number of hydrogen-bond donors (Lipinski definition) is 0. The van der Waals surface area contributed by atoms with E-state index in [4.69, 9.17) is 4.74 Å². The molecule has 2 rings (SSSR count). The van der Waals surface area contributed by atoms with Crippen molar-refractivity contribution in [1.29, 1.82) is 0 Å². The highest BCUT2D eigenvalue weighted by Gasteiger charge is 2.07. The normalized spacial score (nSPS) is 11.3. The zero-order valence-electron chi connectivity index (χ0n) is 10.6. The Morgan fingerprint density at radius 2 is 1.75 bits per heavy atom. The fraction of sp³-hybridized carbons (Fsp3) is 0.0714. The molecule has 0 unspecified atom stereocenters. The number of fused-ring (bicyclic) bond motifs is 1. The van der Waals surface area contributed by atoms with Crippen molar-refractivity contribution in [2.24, 2.45) is 0 Å². The van der Waals surface area contributed by atoms with Gasteiger partial charge in [0.1, 0.15) is 15.9 Å².